The zero-order valence-corrected chi connectivity index (χ0v) is 53.4. The second-order valence-corrected chi connectivity index (χ2v) is 25.4. The van der Waals surface area contributed by atoms with Crippen LogP contribution in [-0.2, 0) is 9.59 Å². The molecule has 8 heteroatoms. The van der Waals surface area contributed by atoms with Gasteiger partial charge in [0.25, 0.3) is 11.8 Å². The molecule has 2 aliphatic heterocycles. The summed E-state index contributed by atoms with van der Waals surface area (Å²) in [6.45, 7) is 10.0. The van der Waals surface area contributed by atoms with E-state index in [1.165, 1.54) is 0 Å². The maximum Gasteiger partial charge on any atom is 0.261 e. The first-order chi connectivity index (χ1) is 44.3. The summed E-state index contributed by atoms with van der Waals surface area (Å²) in [6.07, 6.45) is 8.28. The first kappa shape index (κ1) is 60.6. The van der Waals surface area contributed by atoms with Crippen LogP contribution in [0, 0.1) is 35.5 Å². The van der Waals surface area contributed by atoms with Crippen molar-refractivity contribution in [2.24, 2.45) is 11.8 Å². The standard InChI is InChI=1S/C82H74N4O2S2/c1-5-9-23-59(7-3)57-83-79(75-55-53-73(89-75)65-45-37-61(38-46-65)33-35-63-41-49-71(50-42-63)85(67-25-15-11-16-26-67)68-27-17-12-18-28-68)77-78(81(83)87)80(84(82(77)88)58-60(8-4)24-10-6-2)76-56-54-74(90-76)66-47-39-62(40-48-66)34-36-64-43-51-72(52-44-64)86(69-29-19-13-20-30-69)70-31-21-14-22-32-70/h11-22,25-32,37-56,59-60H,5-10,23-24,57-58H2,1-4H3. The molecule has 6 nitrogen and oxygen atoms in total. The Morgan fingerprint density at radius 3 is 0.911 bits per heavy atom. The molecule has 0 bridgehead atoms. The van der Waals surface area contributed by atoms with Crippen molar-refractivity contribution in [2.45, 2.75) is 79.1 Å². The molecule has 2 unspecified atom stereocenters. The van der Waals surface area contributed by atoms with Crippen LogP contribution >= 0.6 is 22.7 Å². The quantitative estimate of drug-likeness (QED) is 0.0635. The first-order valence-corrected chi connectivity index (χ1v) is 33.5. The topological polar surface area (TPSA) is 47.1 Å². The van der Waals surface area contributed by atoms with E-state index in [1.54, 1.807) is 22.7 Å². The third-order valence-electron chi connectivity index (χ3n) is 17.2. The van der Waals surface area contributed by atoms with Gasteiger partial charge in [-0.1, -0.05) is 187 Å². The van der Waals surface area contributed by atoms with E-state index in [2.05, 4.69) is 280 Å². The molecule has 0 fully saturated rings. The van der Waals surface area contributed by atoms with Gasteiger partial charge in [0.05, 0.1) is 32.3 Å². The van der Waals surface area contributed by atoms with Crippen LogP contribution in [0.2, 0.25) is 0 Å². The van der Waals surface area contributed by atoms with E-state index < -0.39 is 0 Å². The summed E-state index contributed by atoms with van der Waals surface area (Å²) in [6, 6.07) is 83.8. The van der Waals surface area contributed by atoms with E-state index in [4.69, 9.17) is 0 Å². The Bertz CT molecular complexity index is 3920. The summed E-state index contributed by atoms with van der Waals surface area (Å²) in [4.78, 5) is 43.7. The Kier molecular flexibility index (Phi) is 19.3. The van der Waals surface area contributed by atoms with E-state index >= 15 is 9.59 Å². The predicted octanol–water partition coefficient (Wildman–Crippen LogP) is 21.1. The molecule has 10 aromatic rings. The second kappa shape index (κ2) is 28.6. The average Bonchev–Trinajstić information content (AvgIpc) is 1.56. The zero-order chi connectivity index (χ0) is 61.8. The summed E-state index contributed by atoms with van der Waals surface area (Å²) < 4.78 is 0. The Balaban J connectivity index is 0.825. The zero-order valence-electron chi connectivity index (χ0n) is 51.7. The minimum atomic E-state index is -0.0723. The number of nitrogens with zero attached hydrogens (tertiary/aromatic N) is 4. The number of carbonyl (C=O) groups is 2. The highest BCUT2D eigenvalue weighted by atomic mass is 32.1. The van der Waals surface area contributed by atoms with Crippen LogP contribution in [0.4, 0.5) is 34.1 Å². The number of anilines is 6. The van der Waals surface area contributed by atoms with Gasteiger partial charge in [0.2, 0.25) is 0 Å². The molecule has 0 saturated carbocycles. The molecule has 2 aromatic heterocycles. The van der Waals surface area contributed by atoms with Crippen LogP contribution in [0.15, 0.2) is 254 Å². The van der Waals surface area contributed by atoms with Gasteiger partial charge >= 0.3 is 0 Å². The highest BCUT2D eigenvalue weighted by Crippen LogP contribution is 2.51. The van der Waals surface area contributed by atoms with Gasteiger partial charge in [-0.25, -0.2) is 0 Å². The smallest absolute Gasteiger partial charge is 0.261 e. The van der Waals surface area contributed by atoms with E-state index in [0.29, 0.717) is 36.1 Å². The lowest BCUT2D eigenvalue weighted by Gasteiger charge is -2.29. The number of benzene rings is 8. The Labute approximate surface area is 540 Å². The number of hydrogen-bond acceptors (Lipinski definition) is 6. The lowest BCUT2D eigenvalue weighted by Crippen LogP contribution is -2.34. The summed E-state index contributed by atoms with van der Waals surface area (Å²) in [5.74, 6) is 14.0. The number of rotatable bonds is 22. The fourth-order valence-corrected chi connectivity index (χ4v) is 14.3. The van der Waals surface area contributed by atoms with Gasteiger partial charge in [-0.2, -0.15) is 0 Å². The minimum absolute atomic E-state index is 0.0723. The summed E-state index contributed by atoms with van der Waals surface area (Å²) >= 11 is 3.29. The molecular formula is C82H74N4O2S2. The predicted molar refractivity (Wildman–Crippen MR) is 378 cm³/mol. The largest absolute Gasteiger partial charge is 0.311 e. The molecule has 0 N–H and O–H groups in total. The molecule has 2 amide bonds. The van der Waals surface area contributed by atoms with E-state index in [0.717, 1.165) is 150 Å². The number of para-hydroxylation sites is 4. The second-order valence-electron chi connectivity index (χ2n) is 23.2. The monoisotopic (exact) mass is 1210 g/mol. The van der Waals surface area contributed by atoms with Crippen LogP contribution < -0.4 is 9.80 Å². The average molecular weight is 1210 g/mol. The number of unbranched alkanes of at least 4 members (excludes halogenated alkanes) is 2. The summed E-state index contributed by atoms with van der Waals surface area (Å²) in [5, 5.41) is 0. The van der Waals surface area contributed by atoms with Crippen LogP contribution in [0.1, 0.15) is 111 Å². The minimum Gasteiger partial charge on any atom is -0.311 e. The van der Waals surface area contributed by atoms with Crippen molar-refractivity contribution in [3.05, 3.63) is 286 Å². The molecular weight excluding hydrogens is 1140 g/mol. The SMILES string of the molecule is CCCCC(CC)CN1C(=O)C2=C(c3ccc(-c4ccc(C#Cc5ccc(N(c6ccccc6)c6ccccc6)cc5)cc4)s3)N(CC(CC)CCCC)C(=O)C2=C1c1ccc(-c2ccc(C#Cc3ccc(N(c4ccccc4)c4ccccc4)cc3)cc2)s1. The van der Waals surface area contributed by atoms with Crippen LogP contribution in [-0.4, -0.2) is 34.7 Å². The molecule has 4 heterocycles. The van der Waals surface area contributed by atoms with Gasteiger partial charge in [0, 0.05) is 79.2 Å². The highest BCUT2D eigenvalue weighted by Gasteiger charge is 2.50. The molecule has 2 aliphatic rings. The molecule has 0 spiro atoms. The Morgan fingerprint density at radius 1 is 0.344 bits per heavy atom. The summed E-state index contributed by atoms with van der Waals surface area (Å²) in [5.41, 5.74) is 14.9. The van der Waals surface area contributed by atoms with Crippen molar-refractivity contribution >= 4 is 80.0 Å². The van der Waals surface area contributed by atoms with Crippen LogP contribution in [0.5, 0.6) is 0 Å². The van der Waals surface area contributed by atoms with Gasteiger partial charge in [-0.15, -0.1) is 22.7 Å². The van der Waals surface area contributed by atoms with Crippen molar-refractivity contribution in [2.75, 3.05) is 22.9 Å². The van der Waals surface area contributed by atoms with Crippen molar-refractivity contribution in [3.8, 4) is 44.6 Å². The van der Waals surface area contributed by atoms with Crippen LogP contribution in [0.25, 0.3) is 32.3 Å². The van der Waals surface area contributed by atoms with Gasteiger partial charge < -0.3 is 19.6 Å². The van der Waals surface area contributed by atoms with Crippen molar-refractivity contribution in [1.29, 1.82) is 0 Å². The Morgan fingerprint density at radius 2 is 0.622 bits per heavy atom. The maximum absolute atomic E-state index is 15.6. The van der Waals surface area contributed by atoms with Crippen molar-refractivity contribution in [3.63, 3.8) is 0 Å². The van der Waals surface area contributed by atoms with E-state index in [9.17, 15) is 0 Å². The molecule has 0 radical (unpaired) electrons. The van der Waals surface area contributed by atoms with Crippen molar-refractivity contribution in [1.82, 2.24) is 9.80 Å². The van der Waals surface area contributed by atoms with E-state index in [-0.39, 0.29) is 11.8 Å². The van der Waals surface area contributed by atoms with Crippen molar-refractivity contribution < 1.29 is 9.59 Å². The number of carbonyl (C=O) groups excluding carboxylic acids is 2. The molecule has 90 heavy (non-hydrogen) atoms. The van der Waals surface area contributed by atoms with Gasteiger partial charge in [-0.05, 0) is 181 Å². The number of thiophene rings is 2. The first-order valence-electron chi connectivity index (χ1n) is 31.9. The van der Waals surface area contributed by atoms with Gasteiger partial charge in [0.15, 0.2) is 0 Å². The molecule has 0 aliphatic carbocycles. The number of fused-ring (bicyclic) bond motifs is 1. The fraction of sp³-hybridized carbons (Fsp3) is 0.195. The third-order valence-corrected chi connectivity index (χ3v) is 19.5. The summed E-state index contributed by atoms with van der Waals surface area (Å²) in [7, 11) is 0. The molecule has 0 saturated heterocycles. The molecule has 12 rings (SSSR count). The van der Waals surface area contributed by atoms with E-state index in [1.807, 2.05) is 34.1 Å². The van der Waals surface area contributed by atoms with Crippen LogP contribution in [0.3, 0.4) is 0 Å². The highest BCUT2D eigenvalue weighted by molar-refractivity contribution is 7.17. The normalized spacial score (nSPS) is 13.4. The Hall–Kier alpha value is -9.70. The third kappa shape index (κ3) is 13.5. The van der Waals surface area contributed by atoms with Gasteiger partial charge in [-0.3, -0.25) is 9.59 Å². The molecule has 2 atom stereocenters. The fourth-order valence-electron chi connectivity index (χ4n) is 12.2. The lowest BCUT2D eigenvalue weighted by molar-refractivity contribution is -0.124. The number of amides is 2. The molecule has 8 aromatic carbocycles. The van der Waals surface area contributed by atoms with Gasteiger partial charge in [0.1, 0.15) is 0 Å². The maximum atomic E-state index is 15.6. The molecule has 446 valence electrons. The lowest BCUT2D eigenvalue weighted by atomic mass is 9.98. The number of hydrogen-bond donors (Lipinski definition) is 0.